The average molecular weight is 487 g/mol. The van der Waals surface area contributed by atoms with Crippen molar-refractivity contribution in [3.63, 3.8) is 0 Å². The third kappa shape index (κ3) is 4.58. The third-order valence-corrected chi connectivity index (χ3v) is 5.40. The van der Waals surface area contributed by atoms with Crippen LogP contribution in [0, 0.1) is 0 Å². The van der Waals surface area contributed by atoms with Crippen molar-refractivity contribution >= 4 is 62.8 Å². The zero-order chi connectivity index (χ0) is 20.4. The fourth-order valence-corrected chi connectivity index (χ4v) is 3.84. The maximum atomic E-state index is 12.5. The zero-order valence-electron chi connectivity index (χ0n) is 15.0. The van der Waals surface area contributed by atoms with Crippen LogP contribution in [0.4, 0.5) is 0 Å². The van der Waals surface area contributed by atoms with Crippen LogP contribution >= 0.6 is 39.1 Å². The molecule has 4 nitrogen and oxygen atoms in total. The van der Waals surface area contributed by atoms with Crippen LogP contribution in [0.15, 0.2) is 81.4 Å². The van der Waals surface area contributed by atoms with Crippen LogP contribution in [0.5, 0.6) is 0 Å². The van der Waals surface area contributed by atoms with Crippen molar-refractivity contribution in [3.8, 4) is 0 Å². The number of fused-ring (bicyclic) bond motifs is 2. The standard InChI is InChI=1S/C22H14BrCl2N3O/c23-16-7-9-20-26-22(18-4-2-1-3-15(18)12-28(20)13-16)27-21(29)10-6-14-5-8-17(24)11-19(14)25/h1-11,13H,12H2/b10-6+,27-22?. The van der Waals surface area contributed by atoms with E-state index in [4.69, 9.17) is 23.2 Å². The summed E-state index contributed by atoms with van der Waals surface area (Å²) in [5, 5.41) is 1.00. The molecule has 0 unspecified atom stereocenters. The van der Waals surface area contributed by atoms with E-state index in [9.17, 15) is 4.79 Å². The highest BCUT2D eigenvalue weighted by Gasteiger charge is 2.21. The Kier molecular flexibility index (Phi) is 5.81. The molecule has 29 heavy (non-hydrogen) atoms. The number of aliphatic imine (C=N–C) groups is 2. The lowest BCUT2D eigenvalue weighted by molar-refractivity contribution is -0.113. The molecule has 2 heterocycles. The van der Waals surface area contributed by atoms with Crippen LogP contribution < -0.4 is 0 Å². The van der Waals surface area contributed by atoms with Gasteiger partial charge in [-0.2, -0.15) is 4.99 Å². The fraction of sp³-hybridized carbons (Fsp3) is 0.0455. The Morgan fingerprint density at radius 3 is 2.83 bits per heavy atom. The van der Waals surface area contributed by atoms with E-state index in [2.05, 4.69) is 25.9 Å². The molecule has 0 radical (unpaired) electrons. The maximum Gasteiger partial charge on any atom is 0.271 e. The van der Waals surface area contributed by atoms with Gasteiger partial charge in [0.1, 0.15) is 5.84 Å². The highest BCUT2D eigenvalue weighted by atomic mass is 79.9. The van der Waals surface area contributed by atoms with E-state index in [1.807, 2.05) is 47.5 Å². The minimum absolute atomic E-state index is 0.381. The van der Waals surface area contributed by atoms with Crippen LogP contribution in [-0.2, 0) is 11.3 Å². The predicted octanol–water partition coefficient (Wildman–Crippen LogP) is 6.00. The van der Waals surface area contributed by atoms with Crippen LogP contribution in [0.25, 0.3) is 6.08 Å². The van der Waals surface area contributed by atoms with Crippen molar-refractivity contribution in [2.45, 2.75) is 6.54 Å². The summed E-state index contributed by atoms with van der Waals surface area (Å²) >= 11 is 15.6. The first kappa shape index (κ1) is 19.8. The SMILES string of the molecule is O=C(/C=C/c1ccc(Cl)cc1Cl)N=C1N=C2C=CC(Br)=CN2Cc2ccccc21. The van der Waals surface area contributed by atoms with Gasteiger partial charge in [-0.05, 0) is 57.4 Å². The number of allylic oxidation sites excluding steroid dienone is 2. The Morgan fingerprint density at radius 1 is 1.17 bits per heavy atom. The number of carbonyl (C=O) groups is 1. The summed E-state index contributed by atoms with van der Waals surface area (Å²) in [5.41, 5.74) is 2.56. The lowest BCUT2D eigenvalue weighted by Gasteiger charge is -2.21. The van der Waals surface area contributed by atoms with Crippen molar-refractivity contribution in [2.24, 2.45) is 9.98 Å². The predicted molar refractivity (Wildman–Crippen MR) is 123 cm³/mol. The van der Waals surface area contributed by atoms with Gasteiger partial charge in [0.2, 0.25) is 0 Å². The van der Waals surface area contributed by atoms with E-state index >= 15 is 0 Å². The van der Waals surface area contributed by atoms with Gasteiger partial charge in [0.05, 0.1) is 0 Å². The van der Waals surface area contributed by atoms with Crippen molar-refractivity contribution in [1.29, 1.82) is 0 Å². The molecule has 0 bridgehead atoms. The summed E-state index contributed by atoms with van der Waals surface area (Å²) in [6.45, 7) is 0.637. The highest BCUT2D eigenvalue weighted by molar-refractivity contribution is 9.11. The van der Waals surface area contributed by atoms with Gasteiger partial charge < -0.3 is 4.90 Å². The third-order valence-electron chi connectivity index (χ3n) is 4.37. The van der Waals surface area contributed by atoms with Gasteiger partial charge in [-0.3, -0.25) is 4.79 Å². The molecule has 0 saturated heterocycles. The number of benzene rings is 2. The fourth-order valence-electron chi connectivity index (χ4n) is 2.99. The summed E-state index contributed by atoms with van der Waals surface area (Å²) in [4.78, 5) is 23.4. The van der Waals surface area contributed by atoms with E-state index in [0.29, 0.717) is 28.0 Å². The smallest absolute Gasteiger partial charge is 0.271 e. The number of amidine groups is 2. The number of carbonyl (C=O) groups excluding carboxylic acids is 1. The second-order valence-electron chi connectivity index (χ2n) is 6.38. The lowest BCUT2D eigenvalue weighted by Crippen LogP contribution is -2.24. The Labute approximate surface area is 186 Å². The monoisotopic (exact) mass is 485 g/mol. The molecule has 0 aliphatic carbocycles. The van der Waals surface area contributed by atoms with Gasteiger partial charge in [0.15, 0.2) is 5.84 Å². The van der Waals surface area contributed by atoms with Crippen molar-refractivity contribution in [3.05, 3.63) is 98.1 Å². The quantitative estimate of drug-likeness (QED) is 0.488. The molecule has 7 heteroatoms. The second-order valence-corrected chi connectivity index (χ2v) is 8.13. The molecule has 0 spiro atoms. The number of halogens is 3. The molecular weight excluding hydrogens is 473 g/mol. The second kappa shape index (κ2) is 8.49. The van der Waals surface area contributed by atoms with E-state index in [-0.39, 0.29) is 0 Å². The van der Waals surface area contributed by atoms with E-state index in [1.165, 1.54) is 6.08 Å². The van der Waals surface area contributed by atoms with Crippen molar-refractivity contribution in [2.75, 3.05) is 0 Å². The van der Waals surface area contributed by atoms with Crippen LogP contribution in [0.2, 0.25) is 10.0 Å². The molecule has 2 aliphatic rings. The number of rotatable bonds is 2. The van der Waals surface area contributed by atoms with Crippen LogP contribution in [-0.4, -0.2) is 22.5 Å². The van der Waals surface area contributed by atoms with Crippen molar-refractivity contribution < 1.29 is 4.79 Å². The number of amides is 1. The van der Waals surface area contributed by atoms with Gasteiger partial charge in [-0.25, -0.2) is 4.99 Å². The lowest BCUT2D eigenvalue weighted by atomic mass is 10.1. The normalized spacial score (nSPS) is 16.9. The van der Waals surface area contributed by atoms with Gasteiger partial charge in [0.25, 0.3) is 5.91 Å². The molecule has 0 aromatic heterocycles. The molecule has 2 aromatic rings. The summed E-state index contributed by atoms with van der Waals surface area (Å²) in [7, 11) is 0. The zero-order valence-corrected chi connectivity index (χ0v) is 18.1. The molecule has 2 aliphatic heterocycles. The van der Waals surface area contributed by atoms with Gasteiger partial charge in [-0.15, -0.1) is 0 Å². The molecule has 0 fully saturated rings. The van der Waals surface area contributed by atoms with E-state index in [1.54, 1.807) is 24.3 Å². The minimum atomic E-state index is -0.421. The number of hydrogen-bond acceptors (Lipinski definition) is 2. The molecule has 2 aromatic carbocycles. The molecule has 1 amide bonds. The topological polar surface area (TPSA) is 45.0 Å². The van der Waals surface area contributed by atoms with Gasteiger partial charge in [0, 0.05) is 38.9 Å². The van der Waals surface area contributed by atoms with Crippen LogP contribution in [0.1, 0.15) is 16.7 Å². The Bertz CT molecular complexity index is 1150. The molecular formula is C22H14BrCl2N3O. The molecule has 144 valence electrons. The average Bonchev–Trinajstić information content (AvgIpc) is 2.83. The van der Waals surface area contributed by atoms with Crippen LogP contribution in [0.3, 0.4) is 0 Å². The molecule has 4 rings (SSSR count). The van der Waals surface area contributed by atoms with Gasteiger partial charge in [-0.1, -0.05) is 53.5 Å². The molecule has 0 saturated carbocycles. The van der Waals surface area contributed by atoms with E-state index in [0.717, 1.165) is 21.4 Å². The first-order chi connectivity index (χ1) is 14.0. The first-order valence-corrected chi connectivity index (χ1v) is 10.3. The summed E-state index contributed by atoms with van der Waals surface area (Å²) < 4.78 is 0.952. The molecule has 0 atom stereocenters. The number of nitrogens with zero attached hydrogens (tertiary/aromatic N) is 3. The molecule has 0 N–H and O–H groups in total. The number of hydrogen-bond donors (Lipinski definition) is 0. The minimum Gasteiger partial charge on any atom is -0.327 e. The largest absolute Gasteiger partial charge is 0.327 e. The van der Waals surface area contributed by atoms with Crippen molar-refractivity contribution in [1.82, 2.24) is 4.90 Å². The Hall–Kier alpha value is -2.47. The summed E-state index contributed by atoms with van der Waals surface area (Å²) in [5.74, 6) is 0.682. The van der Waals surface area contributed by atoms with Gasteiger partial charge >= 0.3 is 0 Å². The summed E-state index contributed by atoms with van der Waals surface area (Å²) in [6.07, 6.45) is 8.75. The van der Waals surface area contributed by atoms with E-state index < -0.39 is 5.91 Å². The summed E-state index contributed by atoms with van der Waals surface area (Å²) in [6, 6.07) is 12.9. The highest BCUT2D eigenvalue weighted by Crippen LogP contribution is 2.24. The first-order valence-electron chi connectivity index (χ1n) is 8.74. The Balaban J connectivity index is 1.69. The Morgan fingerprint density at radius 2 is 2.00 bits per heavy atom. The maximum absolute atomic E-state index is 12.5.